The summed E-state index contributed by atoms with van der Waals surface area (Å²) in [5, 5.41) is 21.9. The van der Waals surface area contributed by atoms with Gasteiger partial charge < -0.3 is 40.0 Å². The zero-order valence-corrected chi connectivity index (χ0v) is 26.1. The third-order valence-corrected chi connectivity index (χ3v) is 8.47. The molecule has 2 unspecified atom stereocenters. The molecule has 10 nitrogen and oxygen atoms in total. The fraction of sp³-hybridized carbons (Fsp3) is 0.576. The number of nitrogens with one attached hydrogen (secondary N) is 1. The van der Waals surface area contributed by atoms with Gasteiger partial charge in [-0.1, -0.05) is 49.2 Å². The van der Waals surface area contributed by atoms with Crippen molar-refractivity contribution in [3.63, 3.8) is 0 Å². The lowest BCUT2D eigenvalue weighted by atomic mass is 9.66. The van der Waals surface area contributed by atoms with E-state index in [1.165, 1.54) is 0 Å². The third kappa shape index (κ3) is 9.52. The lowest BCUT2D eigenvalue weighted by Gasteiger charge is -2.45. The van der Waals surface area contributed by atoms with Gasteiger partial charge in [0.2, 0.25) is 6.79 Å². The third-order valence-electron chi connectivity index (χ3n) is 8.47. The van der Waals surface area contributed by atoms with E-state index in [9.17, 15) is 19.6 Å². The monoisotopic (exact) mass is 610 g/mol. The zero-order valence-electron chi connectivity index (χ0n) is 26.1. The van der Waals surface area contributed by atoms with Gasteiger partial charge in [0.15, 0.2) is 0 Å². The van der Waals surface area contributed by atoms with Crippen LogP contribution in [0.15, 0.2) is 48.5 Å². The Morgan fingerprint density at radius 3 is 2.20 bits per heavy atom. The predicted octanol–water partition coefficient (Wildman–Crippen LogP) is 3.82. The highest BCUT2D eigenvalue weighted by Crippen LogP contribution is 2.39. The second-order valence-electron chi connectivity index (χ2n) is 13.1. The molecule has 2 atom stereocenters. The summed E-state index contributed by atoms with van der Waals surface area (Å²) in [6, 6.07) is 16.8. The van der Waals surface area contributed by atoms with Crippen LogP contribution in [0.5, 0.6) is 5.75 Å². The number of rotatable bonds is 15. The van der Waals surface area contributed by atoms with Gasteiger partial charge in [-0.05, 0) is 81.1 Å². The van der Waals surface area contributed by atoms with Crippen molar-refractivity contribution in [1.29, 1.82) is 0 Å². The smallest absolute Gasteiger partial charge is 0.451 e. The van der Waals surface area contributed by atoms with Crippen LogP contribution in [0.2, 0.25) is 6.32 Å². The molecule has 4 rings (SSSR count). The number of unbranched alkanes of at least 4 members (excludes halogenated alkanes) is 1. The molecule has 0 amide bonds. The molecule has 240 valence electrons. The minimum Gasteiger partial charge on any atom is -0.488 e. The summed E-state index contributed by atoms with van der Waals surface area (Å²) in [5.74, 6) is -0.328. The van der Waals surface area contributed by atoms with Gasteiger partial charge in [0.1, 0.15) is 17.4 Å². The van der Waals surface area contributed by atoms with Gasteiger partial charge >= 0.3 is 19.1 Å². The lowest BCUT2D eigenvalue weighted by molar-refractivity contribution is -0.178. The predicted molar refractivity (Wildman–Crippen MR) is 167 cm³/mol. The maximum absolute atomic E-state index is 13.1. The van der Waals surface area contributed by atoms with Crippen LogP contribution in [0.1, 0.15) is 64.9 Å². The van der Waals surface area contributed by atoms with Crippen LogP contribution in [-0.4, -0.2) is 66.8 Å². The second-order valence-corrected chi connectivity index (χ2v) is 13.1. The Bertz CT molecular complexity index is 1210. The summed E-state index contributed by atoms with van der Waals surface area (Å²) in [4.78, 5) is 25.2. The van der Waals surface area contributed by atoms with Gasteiger partial charge in [0, 0.05) is 19.0 Å². The molecule has 1 aliphatic heterocycles. The molecule has 1 aliphatic carbocycles. The molecule has 2 aliphatic rings. The standard InChI is InChI=1S/C33H47BN2O8/c1-32(2,3)30(37)42-22-43-31(38)33(35,15-4-5-16-34(39)40)26-18-27(19-26)36-20-23-6-8-24(9-7-23)25-10-12-28(13-11-25)44-29-14-17-41-21-29/h6-13,26-27,29,36,39-40H,4-5,14-22,35H2,1-3H3/t26-,27+,29?,33?. The van der Waals surface area contributed by atoms with Crippen molar-refractivity contribution in [1.82, 2.24) is 5.32 Å². The molecule has 44 heavy (non-hydrogen) atoms. The fourth-order valence-corrected chi connectivity index (χ4v) is 5.51. The SMILES string of the molecule is CC(C)(C)C(=O)OCOC(=O)C(N)(CCCCB(O)O)[C@H]1C[C@@H](NCc2ccc(-c3ccc(OC4CCOC4)cc3)cc2)C1. The summed E-state index contributed by atoms with van der Waals surface area (Å²) < 4.78 is 21.8. The maximum atomic E-state index is 13.1. The van der Waals surface area contributed by atoms with Gasteiger partial charge in [0.05, 0.1) is 18.6 Å². The van der Waals surface area contributed by atoms with E-state index in [4.69, 9.17) is 24.7 Å². The van der Waals surface area contributed by atoms with Crippen molar-refractivity contribution in [3.05, 3.63) is 54.1 Å². The van der Waals surface area contributed by atoms with E-state index in [1.807, 2.05) is 12.1 Å². The lowest BCUT2D eigenvalue weighted by Crippen LogP contribution is -2.61. The van der Waals surface area contributed by atoms with Gasteiger partial charge in [-0.3, -0.25) is 4.79 Å². The van der Waals surface area contributed by atoms with Crippen molar-refractivity contribution in [2.24, 2.45) is 17.1 Å². The molecule has 0 spiro atoms. The molecule has 11 heteroatoms. The summed E-state index contributed by atoms with van der Waals surface area (Å²) in [7, 11) is -1.39. The molecular weight excluding hydrogens is 563 g/mol. The largest absolute Gasteiger partial charge is 0.488 e. The minimum absolute atomic E-state index is 0.111. The van der Waals surface area contributed by atoms with Gasteiger partial charge in [-0.25, -0.2) is 4.79 Å². The number of esters is 2. The minimum atomic E-state index is -1.39. The van der Waals surface area contributed by atoms with Crippen LogP contribution in [0.3, 0.4) is 0 Å². The molecule has 1 saturated heterocycles. The van der Waals surface area contributed by atoms with E-state index in [1.54, 1.807) is 20.8 Å². The van der Waals surface area contributed by atoms with Crippen molar-refractivity contribution >= 4 is 19.1 Å². The molecule has 0 aromatic heterocycles. The molecule has 1 heterocycles. The van der Waals surface area contributed by atoms with E-state index < -0.39 is 36.8 Å². The zero-order chi connectivity index (χ0) is 31.7. The Labute approximate surface area is 260 Å². The van der Waals surface area contributed by atoms with Crippen LogP contribution in [0.4, 0.5) is 0 Å². The van der Waals surface area contributed by atoms with Crippen LogP contribution < -0.4 is 15.8 Å². The highest BCUT2D eigenvalue weighted by Gasteiger charge is 2.49. The van der Waals surface area contributed by atoms with Crippen molar-refractivity contribution in [3.8, 4) is 16.9 Å². The molecule has 2 fully saturated rings. The Hall–Kier alpha value is -2.96. The van der Waals surface area contributed by atoms with E-state index in [0.29, 0.717) is 45.3 Å². The quantitative estimate of drug-likeness (QED) is 0.101. The number of nitrogens with two attached hydrogens (primary N) is 1. The molecule has 1 saturated carbocycles. The first-order chi connectivity index (χ1) is 20.9. The Morgan fingerprint density at radius 1 is 0.977 bits per heavy atom. The van der Waals surface area contributed by atoms with Crippen molar-refractivity contribution in [2.75, 3.05) is 20.0 Å². The fourth-order valence-electron chi connectivity index (χ4n) is 5.51. The maximum Gasteiger partial charge on any atom is 0.451 e. The second kappa shape index (κ2) is 15.4. The number of ether oxygens (including phenoxy) is 4. The number of hydrogen-bond acceptors (Lipinski definition) is 10. The molecule has 0 radical (unpaired) electrons. The number of carbonyl (C=O) groups is 2. The molecule has 2 aromatic carbocycles. The van der Waals surface area contributed by atoms with Crippen LogP contribution >= 0.6 is 0 Å². The molecular formula is C33H47BN2O8. The van der Waals surface area contributed by atoms with E-state index in [-0.39, 0.29) is 24.4 Å². The normalized spacial score (nSPS) is 21.2. The summed E-state index contributed by atoms with van der Waals surface area (Å²) in [5.41, 5.74) is 8.11. The van der Waals surface area contributed by atoms with Gasteiger partial charge in [0.25, 0.3) is 0 Å². The van der Waals surface area contributed by atoms with Crippen LogP contribution in [-0.2, 0) is 30.3 Å². The van der Waals surface area contributed by atoms with E-state index >= 15 is 0 Å². The number of hydrogen-bond donors (Lipinski definition) is 4. The van der Waals surface area contributed by atoms with Crippen LogP contribution in [0, 0.1) is 11.3 Å². The Kier molecular flexibility index (Phi) is 11.8. The first-order valence-electron chi connectivity index (χ1n) is 15.6. The van der Waals surface area contributed by atoms with Crippen molar-refractivity contribution in [2.45, 2.75) is 89.8 Å². The summed E-state index contributed by atoms with van der Waals surface area (Å²) in [6.45, 7) is 6.76. The molecule has 5 N–H and O–H groups in total. The highest BCUT2D eigenvalue weighted by molar-refractivity contribution is 6.40. The topological polar surface area (TPSA) is 150 Å². The van der Waals surface area contributed by atoms with Crippen LogP contribution in [0.25, 0.3) is 11.1 Å². The summed E-state index contributed by atoms with van der Waals surface area (Å²) >= 11 is 0. The average molecular weight is 611 g/mol. The first-order valence-corrected chi connectivity index (χ1v) is 15.6. The van der Waals surface area contributed by atoms with Gasteiger partial charge in [-0.15, -0.1) is 0 Å². The first kappa shape index (κ1) is 33.9. The number of carbonyl (C=O) groups excluding carboxylic acids is 2. The summed E-state index contributed by atoms with van der Waals surface area (Å²) in [6.07, 6.45) is 4.06. The van der Waals surface area contributed by atoms with Crippen molar-refractivity contribution < 1.29 is 38.6 Å². The molecule has 0 bridgehead atoms. The van der Waals surface area contributed by atoms with E-state index in [2.05, 4.69) is 41.7 Å². The average Bonchev–Trinajstić information content (AvgIpc) is 3.47. The molecule has 2 aromatic rings. The number of benzene rings is 2. The highest BCUT2D eigenvalue weighted by atomic mass is 16.7. The Balaban J connectivity index is 1.25. The Morgan fingerprint density at radius 2 is 1.61 bits per heavy atom. The van der Waals surface area contributed by atoms with E-state index in [0.717, 1.165) is 35.5 Å². The van der Waals surface area contributed by atoms with Gasteiger partial charge in [-0.2, -0.15) is 0 Å².